The average molecular weight is 467 g/mol. The van der Waals surface area contributed by atoms with Gasteiger partial charge in [0.1, 0.15) is 4.83 Å². The molecule has 0 bridgehead atoms. The van der Waals surface area contributed by atoms with E-state index in [0.717, 1.165) is 15.8 Å². The van der Waals surface area contributed by atoms with Crippen LogP contribution in [0.5, 0.6) is 0 Å². The number of rotatable bonds is 7. The molecule has 0 saturated heterocycles. The Morgan fingerprint density at radius 3 is 2.03 bits per heavy atom. The van der Waals surface area contributed by atoms with E-state index in [2.05, 4.69) is 4.98 Å². The summed E-state index contributed by atoms with van der Waals surface area (Å²) in [6.07, 6.45) is 0. The molecular weight excluding hydrogens is 448 g/mol. The van der Waals surface area contributed by atoms with Crippen LogP contribution in [0.1, 0.15) is 26.3 Å². The zero-order valence-corrected chi connectivity index (χ0v) is 19.1. The molecule has 0 aliphatic heterocycles. The Morgan fingerprint density at radius 2 is 1.36 bits per heavy atom. The number of ketones is 2. The minimum Gasteiger partial charge on any atom is -0.293 e. The number of thiophene rings is 1. The number of nitrogens with zero attached hydrogens (tertiary/aromatic N) is 2. The molecule has 0 unspecified atom stereocenters. The van der Waals surface area contributed by atoms with Crippen LogP contribution >= 0.6 is 23.1 Å². The van der Waals surface area contributed by atoms with E-state index >= 15 is 0 Å². The number of carbonyl (C=O) groups is 2. The molecule has 33 heavy (non-hydrogen) atoms. The monoisotopic (exact) mass is 466 g/mol. The van der Waals surface area contributed by atoms with Gasteiger partial charge >= 0.3 is 0 Å². The van der Waals surface area contributed by atoms with Gasteiger partial charge in [-0.15, -0.1) is 11.3 Å². The van der Waals surface area contributed by atoms with Gasteiger partial charge in [0.25, 0.3) is 0 Å². The van der Waals surface area contributed by atoms with Crippen molar-refractivity contribution in [3.63, 3.8) is 0 Å². The third kappa shape index (κ3) is 4.49. The number of hydrogen-bond donors (Lipinski definition) is 0. The molecule has 0 amide bonds. The van der Waals surface area contributed by atoms with E-state index in [1.807, 2.05) is 96.4 Å². The van der Waals surface area contributed by atoms with Crippen LogP contribution in [0.3, 0.4) is 0 Å². The third-order valence-corrected chi connectivity index (χ3v) is 6.89. The first kappa shape index (κ1) is 21.2. The Labute approximate surface area is 199 Å². The topological polar surface area (TPSA) is 59.9 Å². The predicted molar refractivity (Wildman–Crippen MR) is 134 cm³/mol. The second kappa shape index (κ2) is 9.48. The number of Topliss-reactive ketones (excluding diaryl/α,β-unsaturated/α-hetero) is 1. The number of hydrogen-bond acceptors (Lipinski definition) is 6. The smallest absolute Gasteiger partial charge is 0.194 e. The van der Waals surface area contributed by atoms with E-state index in [4.69, 9.17) is 4.98 Å². The normalized spacial score (nSPS) is 10.9. The third-order valence-electron chi connectivity index (χ3n) is 5.17. The van der Waals surface area contributed by atoms with Crippen LogP contribution in [0.25, 0.3) is 21.5 Å². The maximum absolute atomic E-state index is 13.3. The minimum absolute atomic E-state index is 0.0247. The first-order chi connectivity index (χ1) is 16.2. The Balaban J connectivity index is 1.55. The van der Waals surface area contributed by atoms with Crippen molar-refractivity contribution in [2.45, 2.75) is 5.16 Å². The van der Waals surface area contributed by atoms with E-state index < -0.39 is 0 Å². The van der Waals surface area contributed by atoms with Crippen molar-refractivity contribution in [1.29, 1.82) is 0 Å². The van der Waals surface area contributed by atoms with Crippen LogP contribution in [0, 0.1) is 0 Å². The number of aromatic nitrogens is 2. The zero-order chi connectivity index (χ0) is 22.6. The summed E-state index contributed by atoms with van der Waals surface area (Å²) in [4.78, 5) is 36.1. The van der Waals surface area contributed by atoms with Crippen LogP contribution in [-0.2, 0) is 0 Å². The molecule has 0 fully saturated rings. The Bertz CT molecular complexity index is 1430. The van der Waals surface area contributed by atoms with E-state index in [1.165, 1.54) is 23.1 Å². The number of benzene rings is 3. The average Bonchev–Trinajstić information content (AvgIpc) is 3.32. The summed E-state index contributed by atoms with van der Waals surface area (Å²) < 4.78 is 0. The highest BCUT2D eigenvalue weighted by Gasteiger charge is 2.21. The molecule has 0 spiro atoms. The molecule has 4 nitrogen and oxygen atoms in total. The molecule has 2 aromatic heterocycles. The molecule has 5 aromatic rings. The van der Waals surface area contributed by atoms with Gasteiger partial charge in [-0.05, 0) is 0 Å². The summed E-state index contributed by atoms with van der Waals surface area (Å²) >= 11 is 2.73. The second-order valence-electron chi connectivity index (χ2n) is 7.32. The molecule has 5 rings (SSSR count). The highest BCUT2D eigenvalue weighted by atomic mass is 32.2. The Kier molecular flexibility index (Phi) is 6.11. The van der Waals surface area contributed by atoms with Gasteiger partial charge in [0.2, 0.25) is 0 Å². The van der Waals surface area contributed by atoms with Crippen LogP contribution in [0.15, 0.2) is 102 Å². The standard InChI is InChI=1S/C27H18N2O2S2/c30-22(18-10-4-1-5-11-18)17-33-27-28-24(19-12-6-2-7-13-19)23-21(16-32-26(23)29-27)25(31)20-14-8-3-9-15-20/h1-16H,17H2. The quantitative estimate of drug-likeness (QED) is 0.154. The van der Waals surface area contributed by atoms with Gasteiger partial charge in [0.15, 0.2) is 16.7 Å². The lowest BCUT2D eigenvalue weighted by Gasteiger charge is -2.08. The fourth-order valence-corrected chi connectivity index (χ4v) is 5.26. The summed E-state index contributed by atoms with van der Waals surface area (Å²) in [6.45, 7) is 0. The van der Waals surface area contributed by atoms with Crippen molar-refractivity contribution >= 4 is 44.9 Å². The molecule has 0 N–H and O–H groups in total. The maximum Gasteiger partial charge on any atom is 0.194 e. The summed E-state index contributed by atoms with van der Waals surface area (Å²) in [5.41, 5.74) is 3.50. The van der Waals surface area contributed by atoms with E-state index in [1.54, 1.807) is 0 Å². The van der Waals surface area contributed by atoms with Gasteiger partial charge < -0.3 is 0 Å². The van der Waals surface area contributed by atoms with Crippen molar-refractivity contribution < 1.29 is 9.59 Å². The molecule has 2 heterocycles. The summed E-state index contributed by atoms with van der Waals surface area (Å²) in [5.74, 6) is 0.212. The molecule has 6 heteroatoms. The molecular formula is C27H18N2O2S2. The fourth-order valence-electron chi connectivity index (χ4n) is 3.54. The largest absolute Gasteiger partial charge is 0.293 e. The highest BCUT2D eigenvalue weighted by molar-refractivity contribution is 7.99. The van der Waals surface area contributed by atoms with Gasteiger partial charge in [-0.2, -0.15) is 0 Å². The van der Waals surface area contributed by atoms with Crippen molar-refractivity contribution in [1.82, 2.24) is 9.97 Å². The van der Waals surface area contributed by atoms with Crippen LogP contribution in [-0.4, -0.2) is 27.3 Å². The van der Waals surface area contributed by atoms with E-state index in [-0.39, 0.29) is 17.3 Å². The minimum atomic E-state index is -0.0534. The van der Waals surface area contributed by atoms with E-state index in [9.17, 15) is 9.59 Å². The van der Waals surface area contributed by atoms with Crippen molar-refractivity contribution in [3.05, 3.63) is 113 Å². The SMILES string of the molecule is O=C(CSc1nc(-c2ccccc2)c2c(C(=O)c3ccccc3)csc2n1)c1ccccc1. The maximum atomic E-state index is 13.3. The van der Waals surface area contributed by atoms with Crippen LogP contribution in [0.4, 0.5) is 0 Å². The molecule has 160 valence electrons. The van der Waals surface area contributed by atoms with Gasteiger partial charge in [-0.3, -0.25) is 9.59 Å². The first-order valence-electron chi connectivity index (χ1n) is 10.4. The Hall–Kier alpha value is -3.61. The molecule has 0 aliphatic rings. The van der Waals surface area contributed by atoms with Gasteiger partial charge in [-0.1, -0.05) is 103 Å². The lowest BCUT2D eigenvalue weighted by molar-refractivity contribution is 0.101. The number of thioether (sulfide) groups is 1. The summed E-state index contributed by atoms with van der Waals surface area (Å²) in [6, 6.07) is 28.2. The summed E-state index contributed by atoms with van der Waals surface area (Å²) in [5, 5.41) is 3.12. The second-order valence-corrected chi connectivity index (χ2v) is 9.12. The lowest BCUT2D eigenvalue weighted by atomic mass is 10.0. The predicted octanol–water partition coefficient (Wildman–Crippen LogP) is 6.56. The fraction of sp³-hybridized carbons (Fsp3) is 0.0370. The van der Waals surface area contributed by atoms with Gasteiger partial charge in [-0.25, -0.2) is 9.97 Å². The highest BCUT2D eigenvalue weighted by Crippen LogP contribution is 2.35. The van der Waals surface area contributed by atoms with E-state index in [0.29, 0.717) is 27.5 Å². The lowest BCUT2D eigenvalue weighted by Crippen LogP contribution is -2.04. The molecule has 0 atom stereocenters. The molecule has 0 radical (unpaired) electrons. The first-order valence-corrected chi connectivity index (χ1v) is 12.2. The van der Waals surface area contributed by atoms with Crippen LogP contribution in [0.2, 0.25) is 0 Å². The molecule has 3 aromatic carbocycles. The molecule has 0 aliphatic carbocycles. The molecule has 0 saturated carbocycles. The number of carbonyl (C=O) groups excluding carboxylic acids is 2. The summed E-state index contributed by atoms with van der Waals surface area (Å²) in [7, 11) is 0. The van der Waals surface area contributed by atoms with Gasteiger partial charge in [0, 0.05) is 33.0 Å². The van der Waals surface area contributed by atoms with Gasteiger partial charge in [0.05, 0.1) is 11.4 Å². The van der Waals surface area contributed by atoms with Crippen molar-refractivity contribution in [3.8, 4) is 11.3 Å². The van der Waals surface area contributed by atoms with Crippen molar-refractivity contribution in [2.24, 2.45) is 0 Å². The Morgan fingerprint density at radius 1 is 0.758 bits per heavy atom. The van der Waals surface area contributed by atoms with Crippen LogP contribution < -0.4 is 0 Å². The van der Waals surface area contributed by atoms with Crippen molar-refractivity contribution in [2.75, 3.05) is 5.75 Å². The zero-order valence-electron chi connectivity index (χ0n) is 17.5. The number of fused-ring (bicyclic) bond motifs is 1.